The maximum atomic E-state index is 13.3. The first-order valence-corrected chi connectivity index (χ1v) is 12.7. The molecule has 1 aliphatic rings. The highest BCUT2D eigenvalue weighted by atomic mass is 16.5. The number of ether oxygens (including phenoxy) is 2. The molecule has 0 unspecified atom stereocenters. The second kappa shape index (κ2) is 11.3. The number of rotatable bonds is 8. The van der Waals surface area contributed by atoms with Gasteiger partial charge in [0.05, 0.1) is 18.7 Å². The Morgan fingerprint density at radius 1 is 0.975 bits per heavy atom. The third-order valence-electron chi connectivity index (χ3n) is 6.75. The van der Waals surface area contributed by atoms with Crippen LogP contribution in [0.25, 0.3) is 5.76 Å². The Kier molecular flexibility index (Phi) is 7.50. The average Bonchev–Trinajstić information content (AvgIpc) is 3.22. The molecule has 40 heavy (non-hydrogen) atoms. The minimum absolute atomic E-state index is 0.0601. The van der Waals surface area contributed by atoms with Crippen LogP contribution < -0.4 is 9.47 Å². The van der Waals surface area contributed by atoms with Crippen molar-refractivity contribution in [3.8, 4) is 17.2 Å². The molecule has 2 N–H and O–H groups in total. The maximum Gasteiger partial charge on any atom is 0.295 e. The zero-order chi connectivity index (χ0) is 28.2. The van der Waals surface area contributed by atoms with Crippen LogP contribution in [0.3, 0.4) is 0 Å². The van der Waals surface area contributed by atoms with Crippen molar-refractivity contribution < 1.29 is 29.3 Å². The first-order valence-electron chi connectivity index (χ1n) is 12.7. The van der Waals surface area contributed by atoms with Gasteiger partial charge in [-0.15, -0.1) is 0 Å². The molecule has 1 saturated heterocycles. The van der Waals surface area contributed by atoms with E-state index in [0.29, 0.717) is 23.5 Å². The summed E-state index contributed by atoms with van der Waals surface area (Å²) >= 11 is 0. The molecular weight excluding hydrogens is 508 g/mol. The SMILES string of the molecule is COc1cc([C@H]2/C(=C(\O)c3ccc(OCc4cccc(C)c4)cc3)C(=O)C(=O)N2Cc2cccnc2)ccc1O. The molecule has 0 aliphatic carbocycles. The number of ketones is 1. The van der Waals surface area contributed by atoms with Gasteiger partial charge in [-0.25, -0.2) is 0 Å². The molecule has 5 rings (SSSR count). The minimum Gasteiger partial charge on any atom is -0.507 e. The number of aromatic hydroxyl groups is 1. The zero-order valence-corrected chi connectivity index (χ0v) is 22.1. The van der Waals surface area contributed by atoms with Gasteiger partial charge in [0.25, 0.3) is 11.7 Å². The molecule has 1 fully saturated rings. The van der Waals surface area contributed by atoms with E-state index in [1.165, 1.54) is 18.1 Å². The van der Waals surface area contributed by atoms with E-state index in [9.17, 15) is 19.8 Å². The first-order chi connectivity index (χ1) is 19.4. The van der Waals surface area contributed by atoms with Crippen molar-refractivity contribution in [2.75, 3.05) is 7.11 Å². The van der Waals surface area contributed by atoms with Crippen molar-refractivity contribution in [3.05, 3.63) is 125 Å². The lowest BCUT2D eigenvalue weighted by molar-refractivity contribution is -0.140. The lowest BCUT2D eigenvalue weighted by Gasteiger charge is -2.25. The van der Waals surface area contributed by atoms with E-state index in [1.807, 2.05) is 31.2 Å². The monoisotopic (exact) mass is 536 g/mol. The van der Waals surface area contributed by atoms with E-state index >= 15 is 0 Å². The van der Waals surface area contributed by atoms with Gasteiger partial charge < -0.3 is 24.6 Å². The number of aromatic nitrogens is 1. The zero-order valence-electron chi connectivity index (χ0n) is 22.1. The Labute approximate surface area is 231 Å². The number of amides is 1. The number of carbonyl (C=O) groups excluding carboxylic acids is 2. The van der Waals surface area contributed by atoms with Crippen LogP contribution in [0, 0.1) is 6.92 Å². The molecule has 4 aromatic rings. The van der Waals surface area contributed by atoms with Crippen molar-refractivity contribution in [2.45, 2.75) is 26.1 Å². The number of hydrogen-bond donors (Lipinski definition) is 2. The van der Waals surface area contributed by atoms with Gasteiger partial charge in [-0.3, -0.25) is 14.6 Å². The number of hydrogen-bond acceptors (Lipinski definition) is 7. The fourth-order valence-corrected chi connectivity index (χ4v) is 4.78. The van der Waals surface area contributed by atoms with E-state index in [4.69, 9.17) is 9.47 Å². The van der Waals surface area contributed by atoms with E-state index in [1.54, 1.807) is 60.9 Å². The van der Waals surface area contributed by atoms with Gasteiger partial charge in [-0.1, -0.05) is 42.0 Å². The highest BCUT2D eigenvalue weighted by Gasteiger charge is 2.46. The number of phenolic OH excluding ortho intramolecular Hbond substituents is 1. The molecule has 2 heterocycles. The Balaban J connectivity index is 1.50. The van der Waals surface area contributed by atoms with Crippen molar-refractivity contribution in [3.63, 3.8) is 0 Å². The Morgan fingerprint density at radius 3 is 2.45 bits per heavy atom. The standard InChI is InChI=1S/C32H28N2O6/c1-20-5-3-6-21(15-20)19-40-25-11-8-23(9-12-25)30(36)28-29(24-10-13-26(35)27(16-24)39-2)34(32(38)31(28)37)18-22-7-4-14-33-17-22/h3-17,29,35-36H,18-19H2,1-2H3/b30-28+/t29-/m0/s1. The summed E-state index contributed by atoms with van der Waals surface area (Å²) in [5.74, 6) is -1.18. The molecule has 8 nitrogen and oxygen atoms in total. The molecule has 0 bridgehead atoms. The number of nitrogens with zero attached hydrogens (tertiary/aromatic N) is 2. The van der Waals surface area contributed by atoms with Crippen molar-refractivity contribution >= 4 is 17.4 Å². The van der Waals surface area contributed by atoms with Crippen LogP contribution >= 0.6 is 0 Å². The van der Waals surface area contributed by atoms with Gasteiger partial charge in [0, 0.05) is 24.5 Å². The maximum absolute atomic E-state index is 13.3. The Hall–Kier alpha value is -5.11. The predicted molar refractivity (Wildman–Crippen MR) is 149 cm³/mol. The fraction of sp³-hybridized carbons (Fsp3) is 0.156. The number of aliphatic hydroxyl groups excluding tert-OH is 1. The van der Waals surface area contributed by atoms with Crippen LogP contribution in [-0.2, 0) is 22.7 Å². The smallest absolute Gasteiger partial charge is 0.295 e. The van der Waals surface area contributed by atoms with Crippen LogP contribution in [0.2, 0.25) is 0 Å². The number of aliphatic hydroxyl groups is 1. The Bertz CT molecular complexity index is 1580. The van der Waals surface area contributed by atoms with Crippen molar-refractivity contribution in [1.29, 1.82) is 0 Å². The van der Waals surface area contributed by atoms with Crippen molar-refractivity contribution in [1.82, 2.24) is 9.88 Å². The van der Waals surface area contributed by atoms with Crippen LogP contribution in [0.4, 0.5) is 0 Å². The highest BCUT2D eigenvalue weighted by Crippen LogP contribution is 2.42. The molecule has 0 radical (unpaired) electrons. The molecule has 1 aliphatic heterocycles. The predicted octanol–water partition coefficient (Wildman–Crippen LogP) is 5.31. The molecule has 3 aromatic carbocycles. The molecule has 0 saturated carbocycles. The first kappa shape index (κ1) is 26.5. The minimum atomic E-state index is -0.924. The molecule has 1 aromatic heterocycles. The molecule has 0 spiro atoms. The van der Waals surface area contributed by atoms with Crippen LogP contribution in [0.1, 0.15) is 33.9 Å². The van der Waals surface area contributed by atoms with E-state index < -0.39 is 17.7 Å². The molecule has 8 heteroatoms. The quantitative estimate of drug-likeness (QED) is 0.179. The lowest BCUT2D eigenvalue weighted by atomic mass is 9.95. The normalized spacial score (nSPS) is 16.2. The molecule has 1 amide bonds. The van der Waals surface area contributed by atoms with E-state index in [2.05, 4.69) is 4.98 Å². The van der Waals surface area contributed by atoms with Crippen molar-refractivity contribution in [2.24, 2.45) is 0 Å². The van der Waals surface area contributed by atoms with Gasteiger partial charge in [-0.2, -0.15) is 0 Å². The number of Topliss-reactive ketones (excluding diaryl/α,β-unsaturated/α-hetero) is 1. The second-order valence-electron chi connectivity index (χ2n) is 9.52. The summed E-state index contributed by atoms with van der Waals surface area (Å²) in [7, 11) is 1.41. The van der Waals surface area contributed by atoms with Gasteiger partial charge >= 0.3 is 0 Å². The Morgan fingerprint density at radius 2 is 1.75 bits per heavy atom. The summed E-state index contributed by atoms with van der Waals surface area (Å²) in [6, 6.07) is 21.9. The van der Waals surface area contributed by atoms with Gasteiger partial charge in [0.1, 0.15) is 18.1 Å². The number of aryl methyl sites for hydroxylation is 1. The number of pyridine rings is 1. The number of methoxy groups -OCH3 is 1. The summed E-state index contributed by atoms with van der Waals surface area (Å²) < 4.78 is 11.2. The number of benzene rings is 3. The third kappa shape index (κ3) is 5.37. The van der Waals surface area contributed by atoms with E-state index in [0.717, 1.165) is 16.7 Å². The molecular formula is C32H28N2O6. The summed E-state index contributed by atoms with van der Waals surface area (Å²) in [5, 5.41) is 21.5. The lowest BCUT2D eigenvalue weighted by Crippen LogP contribution is -2.29. The number of likely N-dealkylation sites (tertiary alicyclic amines) is 1. The third-order valence-corrected chi connectivity index (χ3v) is 6.75. The fourth-order valence-electron chi connectivity index (χ4n) is 4.78. The summed E-state index contributed by atoms with van der Waals surface area (Å²) in [6.07, 6.45) is 3.23. The summed E-state index contributed by atoms with van der Waals surface area (Å²) in [6.45, 7) is 2.49. The highest BCUT2D eigenvalue weighted by molar-refractivity contribution is 6.46. The van der Waals surface area contributed by atoms with Gasteiger partial charge in [0.2, 0.25) is 0 Å². The van der Waals surface area contributed by atoms with Crippen LogP contribution in [-0.4, -0.2) is 38.9 Å². The molecule has 202 valence electrons. The largest absolute Gasteiger partial charge is 0.507 e. The molecule has 1 atom stereocenters. The average molecular weight is 537 g/mol. The second-order valence-corrected chi connectivity index (χ2v) is 9.52. The van der Waals surface area contributed by atoms with E-state index in [-0.39, 0.29) is 29.4 Å². The summed E-state index contributed by atoms with van der Waals surface area (Å²) in [4.78, 5) is 32.1. The van der Waals surface area contributed by atoms with Crippen LogP contribution in [0.5, 0.6) is 17.2 Å². The topological polar surface area (TPSA) is 109 Å². The van der Waals surface area contributed by atoms with Gasteiger partial charge in [-0.05, 0) is 66.1 Å². The van der Waals surface area contributed by atoms with Gasteiger partial charge in [0.15, 0.2) is 11.5 Å². The summed E-state index contributed by atoms with van der Waals surface area (Å²) in [5.41, 5.74) is 3.69. The number of phenols is 1. The number of carbonyl (C=O) groups is 2. The van der Waals surface area contributed by atoms with Crippen LogP contribution in [0.15, 0.2) is 96.8 Å².